The Morgan fingerprint density at radius 2 is 1.69 bits per heavy atom. The Balaban J connectivity index is 2.59. The lowest BCUT2D eigenvalue weighted by Gasteiger charge is -2.09. The van der Waals surface area contributed by atoms with Gasteiger partial charge in [-0.1, -0.05) is 23.7 Å². The molecule has 16 heavy (non-hydrogen) atoms. The number of halogens is 1. The lowest BCUT2D eigenvalue weighted by molar-refractivity contribution is -0.151. The van der Waals surface area contributed by atoms with Crippen molar-refractivity contribution in [3.05, 3.63) is 34.9 Å². The van der Waals surface area contributed by atoms with E-state index in [4.69, 9.17) is 21.8 Å². The number of nitrogens with one attached hydrogen (secondary N) is 1. The number of hydrogen-bond acceptors (Lipinski definition) is 3. The van der Waals surface area contributed by atoms with Crippen molar-refractivity contribution in [1.29, 1.82) is 0 Å². The molecule has 0 bridgehead atoms. The van der Waals surface area contributed by atoms with Gasteiger partial charge in [0.2, 0.25) is 6.04 Å². The summed E-state index contributed by atoms with van der Waals surface area (Å²) in [5.74, 6) is -2.83. The van der Waals surface area contributed by atoms with Gasteiger partial charge < -0.3 is 10.2 Å². The van der Waals surface area contributed by atoms with Crippen LogP contribution in [0.3, 0.4) is 0 Å². The van der Waals surface area contributed by atoms with E-state index in [9.17, 15) is 9.59 Å². The van der Waals surface area contributed by atoms with Crippen LogP contribution >= 0.6 is 11.6 Å². The van der Waals surface area contributed by atoms with Crippen molar-refractivity contribution < 1.29 is 19.8 Å². The predicted octanol–water partition coefficient (Wildman–Crippen LogP) is 0.967. The van der Waals surface area contributed by atoms with Gasteiger partial charge in [0.05, 0.1) is 0 Å². The molecule has 0 aliphatic heterocycles. The van der Waals surface area contributed by atoms with Crippen molar-refractivity contribution in [2.45, 2.75) is 12.6 Å². The van der Waals surface area contributed by atoms with E-state index in [1.807, 2.05) is 0 Å². The number of aliphatic carboxylic acids is 2. The molecule has 0 heterocycles. The molecule has 0 radical (unpaired) electrons. The van der Waals surface area contributed by atoms with Crippen molar-refractivity contribution in [2.75, 3.05) is 0 Å². The molecule has 1 aromatic rings. The van der Waals surface area contributed by atoms with Crippen LogP contribution in [0.25, 0.3) is 0 Å². The second-order valence-electron chi connectivity index (χ2n) is 3.12. The molecule has 0 aliphatic carbocycles. The molecule has 0 saturated heterocycles. The Kier molecular flexibility index (Phi) is 4.28. The molecule has 5 nitrogen and oxygen atoms in total. The third-order valence-electron chi connectivity index (χ3n) is 1.92. The fourth-order valence-electron chi connectivity index (χ4n) is 1.10. The van der Waals surface area contributed by atoms with E-state index in [1.54, 1.807) is 24.3 Å². The van der Waals surface area contributed by atoms with E-state index in [1.165, 1.54) is 0 Å². The van der Waals surface area contributed by atoms with Crippen LogP contribution in [0.2, 0.25) is 5.02 Å². The zero-order chi connectivity index (χ0) is 12.1. The van der Waals surface area contributed by atoms with E-state index in [-0.39, 0.29) is 6.54 Å². The molecule has 0 fully saturated rings. The highest BCUT2D eigenvalue weighted by atomic mass is 35.5. The zero-order valence-corrected chi connectivity index (χ0v) is 8.94. The number of hydrogen-bond donors (Lipinski definition) is 3. The summed E-state index contributed by atoms with van der Waals surface area (Å²) < 4.78 is 0. The minimum atomic E-state index is -1.60. The molecule has 0 aromatic heterocycles. The average Bonchev–Trinajstić information content (AvgIpc) is 2.20. The summed E-state index contributed by atoms with van der Waals surface area (Å²) in [6.45, 7) is 0.153. The van der Waals surface area contributed by atoms with E-state index in [0.717, 1.165) is 5.56 Å². The van der Waals surface area contributed by atoms with Crippen molar-refractivity contribution in [1.82, 2.24) is 5.32 Å². The molecular weight excluding hydrogens is 234 g/mol. The summed E-state index contributed by atoms with van der Waals surface area (Å²) in [6.07, 6.45) is 0. The molecule has 3 N–H and O–H groups in total. The quantitative estimate of drug-likeness (QED) is 0.671. The van der Waals surface area contributed by atoms with Crippen LogP contribution in [0.15, 0.2) is 24.3 Å². The SMILES string of the molecule is O=C(O)C(NCc1ccc(Cl)cc1)C(=O)O. The second-order valence-corrected chi connectivity index (χ2v) is 3.55. The van der Waals surface area contributed by atoms with Crippen LogP contribution in [0, 0.1) is 0 Å². The molecule has 0 atom stereocenters. The van der Waals surface area contributed by atoms with Crippen molar-refractivity contribution in [2.24, 2.45) is 0 Å². The molecule has 0 spiro atoms. The molecular formula is C10H10ClNO4. The second kappa shape index (κ2) is 5.48. The smallest absolute Gasteiger partial charge is 0.332 e. The largest absolute Gasteiger partial charge is 0.480 e. The Labute approximate surface area is 96.7 Å². The first-order chi connectivity index (χ1) is 7.50. The fraction of sp³-hybridized carbons (Fsp3) is 0.200. The van der Waals surface area contributed by atoms with Crippen molar-refractivity contribution in [3.63, 3.8) is 0 Å². The van der Waals surface area contributed by atoms with Gasteiger partial charge in [-0.3, -0.25) is 5.32 Å². The van der Waals surface area contributed by atoms with Gasteiger partial charge in [-0.05, 0) is 17.7 Å². The summed E-state index contributed by atoms with van der Waals surface area (Å²) in [5.41, 5.74) is 0.761. The first kappa shape index (κ1) is 12.5. The molecule has 86 valence electrons. The van der Waals surface area contributed by atoms with Gasteiger partial charge in [0, 0.05) is 11.6 Å². The third kappa shape index (κ3) is 3.52. The predicted molar refractivity (Wildman–Crippen MR) is 57.4 cm³/mol. The van der Waals surface area contributed by atoms with Crippen LogP contribution in [-0.4, -0.2) is 28.2 Å². The minimum Gasteiger partial charge on any atom is -0.480 e. The number of carbonyl (C=O) groups is 2. The highest BCUT2D eigenvalue weighted by Crippen LogP contribution is 2.09. The summed E-state index contributed by atoms with van der Waals surface area (Å²) in [5, 5.41) is 20.2. The van der Waals surface area contributed by atoms with Gasteiger partial charge in [0.25, 0.3) is 0 Å². The van der Waals surface area contributed by atoms with Crippen LogP contribution in [0.5, 0.6) is 0 Å². The topological polar surface area (TPSA) is 86.6 Å². The van der Waals surface area contributed by atoms with Gasteiger partial charge in [-0.2, -0.15) is 0 Å². The molecule has 0 unspecified atom stereocenters. The Morgan fingerprint density at radius 1 is 1.19 bits per heavy atom. The maximum atomic E-state index is 10.6. The van der Waals surface area contributed by atoms with Crippen molar-refractivity contribution in [3.8, 4) is 0 Å². The monoisotopic (exact) mass is 243 g/mol. The lowest BCUT2D eigenvalue weighted by atomic mass is 10.2. The standard InChI is InChI=1S/C10H10ClNO4/c11-7-3-1-6(2-4-7)5-12-8(9(13)14)10(15)16/h1-4,8,12H,5H2,(H,13,14)(H,15,16). The van der Waals surface area contributed by atoms with Crippen molar-refractivity contribution >= 4 is 23.5 Å². The lowest BCUT2D eigenvalue weighted by Crippen LogP contribution is -2.42. The first-order valence-corrected chi connectivity index (χ1v) is 4.82. The number of benzene rings is 1. The number of rotatable bonds is 5. The van der Waals surface area contributed by atoms with Gasteiger partial charge in [0.1, 0.15) is 0 Å². The summed E-state index contributed by atoms with van der Waals surface area (Å²) in [4.78, 5) is 21.1. The summed E-state index contributed by atoms with van der Waals surface area (Å²) in [6, 6.07) is 5.08. The highest BCUT2D eigenvalue weighted by molar-refractivity contribution is 6.30. The first-order valence-electron chi connectivity index (χ1n) is 4.44. The molecule has 1 rings (SSSR count). The van der Waals surface area contributed by atoms with Gasteiger partial charge in [0.15, 0.2) is 0 Å². The van der Waals surface area contributed by atoms with Gasteiger partial charge in [-0.25, -0.2) is 9.59 Å². The Morgan fingerprint density at radius 3 is 2.12 bits per heavy atom. The van der Waals surface area contributed by atoms with Crippen LogP contribution < -0.4 is 5.32 Å². The molecule has 6 heteroatoms. The van der Waals surface area contributed by atoms with Crippen LogP contribution in [-0.2, 0) is 16.1 Å². The molecule has 0 saturated carbocycles. The Bertz CT molecular complexity index is 376. The molecule has 1 aromatic carbocycles. The number of carboxylic acids is 2. The van der Waals surface area contributed by atoms with Crippen LogP contribution in [0.1, 0.15) is 5.56 Å². The van der Waals surface area contributed by atoms with E-state index in [2.05, 4.69) is 5.32 Å². The molecule has 0 amide bonds. The Hall–Kier alpha value is -1.59. The fourth-order valence-corrected chi connectivity index (χ4v) is 1.23. The van der Waals surface area contributed by atoms with E-state index in [0.29, 0.717) is 5.02 Å². The van der Waals surface area contributed by atoms with E-state index < -0.39 is 18.0 Å². The number of carboxylic acid groups (broad SMARTS) is 2. The van der Waals surface area contributed by atoms with Gasteiger partial charge >= 0.3 is 11.9 Å². The summed E-state index contributed by atoms with van der Waals surface area (Å²) in [7, 11) is 0. The van der Waals surface area contributed by atoms with Gasteiger partial charge in [-0.15, -0.1) is 0 Å². The third-order valence-corrected chi connectivity index (χ3v) is 2.17. The minimum absolute atomic E-state index is 0.153. The normalized spacial score (nSPS) is 10.4. The zero-order valence-electron chi connectivity index (χ0n) is 8.18. The van der Waals surface area contributed by atoms with Crippen LogP contribution in [0.4, 0.5) is 0 Å². The maximum Gasteiger partial charge on any atom is 0.332 e. The van der Waals surface area contributed by atoms with E-state index >= 15 is 0 Å². The highest BCUT2D eigenvalue weighted by Gasteiger charge is 2.24. The molecule has 0 aliphatic rings. The maximum absolute atomic E-state index is 10.6. The average molecular weight is 244 g/mol. The summed E-state index contributed by atoms with van der Waals surface area (Å²) >= 11 is 5.67.